The number of thiophene rings is 1. The second kappa shape index (κ2) is 8.58. The van der Waals surface area contributed by atoms with Gasteiger partial charge in [0.05, 0.1) is 18.4 Å². The van der Waals surface area contributed by atoms with E-state index in [1.807, 2.05) is 5.38 Å². The number of hydrogen-bond acceptors (Lipinski definition) is 10. The van der Waals surface area contributed by atoms with Crippen LogP contribution >= 0.6 is 22.7 Å². The lowest BCUT2D eigenvalue weighted by molar-refractivity contribution is -0.132. The minimum absolute atomic E-state index is 0.0726. The van der Waals surface area contributed by atoms with Crippen LogP contribution in [0.4, 0.5) is 5.13 Å². The van der Waals surface area contributed by atoms with Crippen LogP contribution in [0.1, 0.15) is 31.8 Å². The van der Waals surface area contributed by atoms with Gasteiger partial charge in [0.2, 0.25) is 0 Å². The second-order valence-corrected chi connectivity index (χ2v) is 9.40. The van der Waals surface area contributed by atoms with Crippen molar-refractivity contribution >= 4 is 51.2 Å². The third-order valence-corrected chi connectivity index (χ3v) is 7.50. The molecule has 1 unspecified atom stereocenters. The number of Topliss-reactive ketones (excluding diaryl/α,β-unsaturated/α-hetero) is 1. The smallest absolute Gasteiger partial charge is 0.350 e. The second-order valence-electron chi connectivity index (χ2n) is 7.45. The van der Waals surface area contributed by atoms with Crippen molar-refractivity contribution in [3.05, 3.63) is 62.3 Å². The largest absolute Gasteiger partial charge is 0.507 e. The third-order valence-electron chi connectivity index (χ3n) is 5.43. The number of benzene rings is 1. The Morgan fingerprint density at radius 1 is 1.21 bits per heavy atom. The van der Waals surface area contributed by atoms with E-state index in [4.69, 9.17) is 14.2 Å². The Morgan fingerprint density at radius 2 is 1.97 bits per heavy atom. The van der Waals surface area contributed by atoms with Crippen LogP contribution < -0.4 is 14.4 Å². The number of aromatic nitrogens is 1. The lowest BCUT2D eigenvalue weighted by Gasteiger charge is -2.22. The van der Waals surface area contributed by atoms with Gasteiger partial charge in [0, 0.05) is 10.4 Å². The van der Waals surface area contributed by atoms with E-state index in [1.165, 1.54) is 23.3 Å². The normalized spacial score (nSPS) is 18.9. The van der Waals surface area contributed by atoms with Crippen molar-refractivity contribution in [1.82, 2.24) is 4.98 Å². The molecule has 1 saturated heterocycles. The highest BCUT2D eigenvalue weighted by Gasteiger charge is 2.49. The van der Waals surface area contributed by atoms with Gasteiger partial charge in [-0.05, 0) is 36.6 Å². The van der Waals surface area contributed by atoms with Crippen molar-refractivity contribution < 1.29 is 33.7 Å². The Bertz CT molecular complexity index is 1340. The van der Waals surface area contributed by atoms with Crippen LogP contribution in [0.25, 0.3) is 5.76 Å². The van der Waals surface area contributed by atoms with E-state index < -0.39 is 23.7 Å². The molecule has 1 atom stereocenters. The highest BCUT2D eigenvalue weighted by atomic mass is 32.1. The van der Waals surface area contributed by atoms with Gasteiger partial charge in [0.15, 0.2) is 16.6 Å². The predicted molar refractivity (Wildman–Crippen MR) is 125 cm³/mol. The molecule has 1 N–H and O–H groups in total. The van der Waals surface area contributed by atoms with Crippen LogP contribution in [0.15, 0.2) is 41.3 Å². The molecule has 0 radical (unpaired) electrons. The summed E-state index contributed by atoms with van der Waals surface area (Å²) in [7, 11) is 1.26. The molecule has 9 nitrogen and oxygen atoms in total. The van der Waals surface area contributed by atoms with Gasteiger partial charge < -0.3 is 19.3 Å². The molecule has 3 aromatic rings. The number of hydrogen-bond donors (Lipinski definition) is 1. The quantitative estimate of drug-likeness (QED) is 0.251. The monoisotopic (exact) mass is 498 g/mol. The number of methoxy groups -OCH3 is 1. The molecular weight excluding hydrogens is 480 g/mol. The zero-order valence-electron chi connectivity index (χ0n) is 18.1. The number of anilines is 1. The molecule has 0 spiro atoms. The molecule has 174 valence electrons. The third kappa shape index (κ3) is 3.53. The van der Waals surface area contributed by atoms with Crippen LogP contribution in [-0.4, -0.2) is 48.1 Å². The number of ketones is 1. The first-order valence-electron chi connectivity index (χ1n) is 10.2. The summed E-state index contributed by atoms with van der Waals surface area (Å²) >= 11 is 2.29. The summed E-state index contributed by atoms with van der Waals surface area (Å²) in [4.78, 5) is 45.0. The Balaban J connectivity index is 1.65. The number of aryl methyl sites for hydroxylation is 1. The maximum atomic E-state index is 13.2. The molecule has 0 saturated carbocycles. The summed E-state index contributed by atoms with van der Waals surface area (Å²) < 4.78 is 15.9. The minimum atomic E-state index is -0.913. The number of nitrogens with zero attached hydrogens (tertiary/aromatic N) is 2. The Kier molecular flexibility index (Phi) is 5.58. The number of carbonyl (C=O) groups is 3. The first kappa shape index (κ1) is 22.1. The molecule has 2 aliphatic heterocycles. The molecule has 11 heteroatoms. The molecular formula is C23H18N2O7S2. The molecule has 0 bridgehead atoms. The number of thiazole rings is 1. The maximum Gasteiger partial charge on any atom is 0.350 e. The topological polar surface area (TPSA) is 115 Å². The number of aliphatic hydroxyl groups excluding tert-OH is 1. The average Bonchev–Trinajstić information content (AvgIpc) is 3.57. The Morgan fingerprint density at radius 3 is 2.68 bits per heavy atom. The summed E-state index contributed by atoms with van der Waals surface area (Å²) in [5.74, 6) is -1.64. The van der Waals surface area contributed by atoms with E-state index in [0.29, 0.717) is 40.8 Å². The van der Waals surface area contributed by atoms with Crippen LogP contribution in [0.3, 0.4) is 0 Å². The van der Waals surface area contributed by atoms with Crippen molar-refractivity contribution in [2.75, 3.05) is 25.2 Å². The lowest BCUT2D eigenvalue weighted by Crippen LogP contribution is -2.29. The van der Waals surface area contributed by atoms with Gasteiger partial charge >= 0.3 is 11.9 Å². The highest BCUT2D eigenvalue weighted by molar-refractivity contribution is 7.18. The van der Waals surface area contributed by atoms with Crippen molar-refractivity contribution in [3.63, 3.8) is 0 Å². The number of ether oxygens (including phenoxy) is 3. The van der Waals surface area contributed by atoms with Gasteiger partial charge in [-0.2, -0.15) is 0 Å². The highest BCUT2D eigenvalue weighted by Crippen LogP contribution is 2.45. The van der Waals surface area contributed by atoms with E-state index in [0.717, 1.165) is 11.3 Å². The fraction of sp³-hybridized carbons (Fsp3) is 0.217. The van der Waals surface area contributed by atoms with E-state index in [-0.39, 0.29) is 21.3 Å². The van der Waals surface area contributed by atoms with Crippen molar-refractivity contribution in [3.8, 4) is 11.5 Å². The Labute approximate surface area is 201 Å². The van der Waals surface area contributed by atoms with Gasteiger partial charge in [-0.15, -0.1) is 11.3 Å². The van der Waals surface area contributed by atoms with Gasteiger partial charge in [0.25, 0.3) is 5.78 Å². The van der Waals surface area contributed by atoms with Crippen molar-refractivity contribution in [2.24, 2.45) is 0 Å². The molecule has 1 amide bonds. The number of rotatable bonds is 4. The summed E-state index contributed by atoms with van der Waals surface area (Å²) in [5, 5.41) is 13.2. The van der Waals surface area contributed by atoms with Crippen LogP contribution in [-0.2, 0) is 14.3 Å². The number of aliphatic hydroxyl groups is 1. The Hall–Kier alpha value is -3.70. The summed E-state index contributed by atoms with van der Waals surface area (Å²) in [6.45, 7) is 2.41. The molecule has 1 fully saturated rings. The van der Waals surface area contributed by atoms with Crippen molar-refractivity contribution in [1.29, 1.82) is 0 Å². The first-order valence-corrected chi connectivity index (χ1v) is 11.9. The number of fused-ring (bicyclic) bond motifs is 1. The molecule has 34 heavy (non-hydrogen) atoms. The summed E-state index contributed by atoms with van der Waals surface area (Å²) in [6.07, 6.45) is 0. The number of amides is 1. The molecule has 0 aliphatic carbocycles. The van der Waals surface area contributed by atoms with Crippen molar-refractivity contribution in [2.45, 2.75) is 13.0 Å². The lowest BCUT2D eigenvalue weighted by atomic mass is 9.99. The average molecular weight is 499 g/mol. The van der Waals surface area contributed by atoms with Gasteiger partial charge in [-0.1, -0.05) is 17.4 Å². The van der Waals surface area contributed by atoms with E-state index >= 15 is 0 Å². The zero-order chi connectivity index (χ0) is 24.0. The van der Waals surface area contributed by atoms with Gasteiger partial charge in [-0.3, -0.25) is 14.5 Å². The molecule has 5 rings (SSSR count). The van der Waals surface area contributed by atoms with Crippen LogP contribution in [0.2, 0.25) is 0 Å². The SMILES string of the molecule is COC(=O)c1sc(N2C(=O)C(=O)/C(=C(/O)c3ccc4c(c3)OCCO4)C2c2cccs2)nc1C. The summed E-state index contributed by atoms with van der Waals surface area (Å²) in [5.41, 5.74) is 0.622. The standard InChI is InChI=1S/C23H18N2O7S2/c1-11-20(22(29)30-2)34-23(24-11)25-17(15-4-3-9-33-15)16(19(27)21(25)28)18(26)12-5-6-13-14(10-12)32-8-7-31-13/h3-6,9-10,17,26H,7-8H2,1-2H3/b18-16+. The number of esters is 1. The number of carbonyl (C=O) groups excluding carboxylic acids is 3. The molecule has 4 heterocycles. The minimum Gasteiger partial charge on any atom is -0.507 e. The van der Waals surface area contributed by atoms with E-state index in [9.17, 15) is 19.5 Å². The van der Waals surface area contributed by atoms with Gasteiger partial charge in [-0.25, -0.2) is 9.78 Å². The summed E-state index contributed by atoms with van der Waals surface area (Å²) in [6, 6.07) is 7.47. The molecule has 2 aromatic heterocycles. The van der Waals surface area contributed by atoms with E-state index in [2.05, 4.69) is 4.98 Å². The zero-order valence-corrected chi connectivity index (χ0v) is 19.7. The van der Waals surface area contributed by atoms with Crippen LogP contribution in [0, 0.1) is 6.92 Å². The predicted octanol–water partition coefficient (Wildman–Crippen LogP) is 3.70. The fourth-order valence-corrected chi connectivity index (χ4v) is 5.69. The molecule has 1 aromatic carbocycles. The first-order chi connectivity index (χ1) is 16.4. The van der Waals surface area contributed by atoms with E-state index in [1.54, 1.807) is 37.3 Å². The van der Waals surface area contributed by atoms with Crippen LogP contribution in [0.5, 0.6) is 11.5 Å². The molecule has 2 aliphatic rings. The fourth-order valence-electron chi connectivity index (χ4n) is 3.86. The maximum absolute atomic E-state index is 13.2. The van der Waals surface area contributed by atoms with Gasteiger partial charge in [0.1, 0.15) is 29.9 Å².